The van der Waals surface area contributed by atoms with Gasteiger partial charge in [0.05, 0.1) is 12.7 Å². The first kappa shape index (κ1) is 30.1. The number of allylic oxidation sites excluding steroid dienone is 2. The lowest BCUT2D eigenvalue weighted by molar-refractivity contribution is -0.841. The molecule has 1 N–H and O–H groups in total. The van der Waals surface area contributed by atoms with Crippen molar-refractivity contribution in [3.63, 3.8) is 0 Å². The van der Waals surface area contributed by atoms with Crippen LogP contribution in [0.2, 0.25) is 0 Å². The Balaban J connectivity index is 1.34. The minimum absolute atomic E-state index is 1.19. The van der Waals surface area contributed by atoms with E-state index >= 15 is 0 Å². The first-order chi connectivity index (χ1) is 18.4. The summed E-state index contributed by atoms with van der Waals surface area (Å²) in [6, 6.07) is 4.60. The average Bonchev–Trinajstić information content (AvgIpc) is 2.92. The Morgan fingerprint density at radius 2 is 1.11 bits per heavy atom. The maximum atomic E-state index is 2.55. The fourth-order valence-corrected chi connectivity index (χ4v) is 6.23. The number of quaternary nitrogens is 1. The van der Waals surface area contributed by atoms with Gasteiger partial charge in [-0.05, 0) is 57.1 Å². The van der Waals surface area contributed by atoms with Crippen LogP contribution >= 0.6 is 0 Å². The average molecular weight is 509 g/mol. The van der Waals surface area contributed by atoms with Crippen molar-refractivity contribution in [3.8, 4) is 0 Å². The Labute approximate surface area is 230 Å². The van der Waals surface area contributed by atoms with Gasteiger partial charge in [-0.25, -0.2) is 4.57 Å². The summed E-state index contributed by atoms with van der Waals surface area (Å²) >= 11 is 0. The topological polar surface area (TPSA) is 8.32 Å². The molecule has 1 atom stereocenters. The molecule has 0 amide bonds. The van der Waals surface area contributed by atoms with E-state index in [0.29, 0.717) is 0 Å². The molecule has 0 aromatic carbocycles. The van der Waals surface area contributed by atoms with E-state index in [2.05, 4.69) is 47.4 Å². The van der Waals surface area contributed by atoms with Crippen molar-refractivity contribution < 1.29 is 9.47 Å². The molecule has 0 spiro atoms. The van der Waals surface area contributed by atoms with Gasteiger partial charge in [0.1, 0.15) is 13.1 Å². The highest BCUT2D eigenvalue weighted by atomic mass is 15.1. The van der Waals surface area contributed by atoms with Crippen LogP contribution in [0.5, 0.6) is 0 Å². The lowest BCUT2D eigenvalue weighted by Gasteiger charge is -2.18. The van der Waals surface area contributed by atoms with E-state index in [9.17, 15) is 0 Å². The highest BCUT2D eigenvalue weighted by Crippen LogP contribution is 2.15. The number of nitrogens with one attached hydrogen (secondary N) is 1. The maximum absolute atomic E-state index is 2.55. The fourth-order valence-electron chi connectivity index (χ4n) is 6.23. The van der Waals surface area contributed by atoms with Gasteiger partial charge in [0, 0.05) is 23.6 Å². The van der Waals surface area contributed by atoms with Gasteiger partial charge in [0.25, 0.3) is 0 Å². The summed E-state index contributed by atoms with van der Waals surface area (Å²) in [4.78, 5) is 1.69. The van der Waals surface area contributed by atoms with Crippen LogP contribution in [-0.4, -0.2) is 13.1 Å². The van der Waals surface area contributed by atoms with Gasteiger partial charge < -0.3 is 4.90 Å². The van der Waals surface area contributed by atoms with E-state index in [4.69, 9.17) is 0 Å². The molecule has 0 fully saturated rings. The van der Waals surface area contributed by atoms with Crippen LogP contribution in [0.25, 0.3) is 0 Å². The molecule has 0 saturated carbocycles. The number of hydrogen-bond donors (Lipinski definition) is 1. The van der Waals surface area contributed by atoms with E-state index < -0.39 is 0 Å². The van der Waals surface area contributed by atoms with E-state index in [1.165, 1.54) is 173 Å². The molecule has 208 valence electrons. The van der Waals surface area contributed by atoms with Crippen molar-refractivity contribution in [2.75, 3.05) is 13.1 Å². The van der Waals surface area contributed by atoms with Crippen molar-refractivity contribution in [2.24, 2.45) is 0 Å². The summed E-state index contributed by atoms with van der Waals surface area (Å²) in [5.41, 5.74) is 3.13. The highest BCUT2D eigenvalue weighted by Gasteiger charge is 2.10. The Hall–Kier alpha value is -1.41. The monoisotopic (exact) mass is 508 g/mol. The molecular weight excluding hydrogens is 448 g/mol. The fraction of sp³-hybridized carbons (Fsp3) is 0.743. The predicted octanol–water partition coefficient (Wildman–Crippen LogP) is 8.45. The molecule has 2 aliphatic heterocycles. The SMILES string of the molecule is C1=CC2=C[NH+](C1)CCCCCCCCCCCCCc1ccc[n+](c1)CCCCCCCCCCCC2. The lowest BCUT2D eigenvalue weighted by Crippen LogP contribution is -3.07. The van der Waals surface area contributed by atoms with Gasteiger partial charge in [0.15, 0.2) is 12.4 Å². The van der Waals surface area contributed by atoms with Crippen LogP contribution < -0.4 is 9.47 Å². The third kappa shape index (κ3) is 14.9. The predicted molar refractivity (Wildman–Crippen MR) is 160 cm³/mol. The van der Waals surface area contributed by atoms with Crippen LogP contribution in [0.3, 0.4) is 0 Å². The first-order valence-electron chi connectivity index (χ1n) is 16.6. The number of pyridine rings is 1. The van der Waals surface area contributed by atoms with Gasteiger partial charge in [0.2, 0.25) is 0 Å². The molecule has 1 unspecified atom stereocenters. The number of aromatic nitrogens is 1. The van der Waals surface area contributed by atoms with Crippen LogP contribution in [-0.2, 0) is 13.0 Å². The van der Waals surface area contributed by atoms with Gasteiger partial charge >= 0.3 is 0 Å². The molecule has 0 aliphatic carbocycles. The summed E-state index contributed by atoms with van der Waals surface area (Å²) in [5.74, 6) is 0. The summed E-state index contributed by atoms with van der Waals surface area (Å²) in [7, 11) is 0. The number of rotatable bonds is 0. The van der Waals surface area contributed by atoms with E-state index in [0.717, 1.165) is 0 Å². The molecule has 2 aliphatic rings. The van der Waals surface area contributed by atoms with Crippen LogP contribution in [0.4, 0.5) is 0 Å². The standard InChI is InChI=1S/C35H59N2/c1-2-6-10-14-18-24-34-26-22-31-37(32-34)29-21-17-13-9-5-3-7-11-15-19-25-35-27-23-30-36(33-35)28-20-16-12-8-4-1/h22-23,26-27,31-33H,1-21,24-25,28-30H2/q+1/p+1. The number of hydrogen-bond acceptors (Lipinski definition) is 0. The lowest BCUT2D eigenvalue weighted by atomic mass is 10.0. The van der Waals surface area contributed by atoms with Crippen LogP contribution in [0.15, 0.2) is 48.5 Å². The van der Waals surface area contributed by atoms with Crippen LogP contribution in [0, 0.1) is 0 Å². The largest absolute Gasteiger partial charge is 0.305 e. The van der Waals surface area contributed by atoms with Gasteiger partial charge in [-0.3, -0.25) is 0 Å². The Bertz CT molecular complexity index is 749. The van der Waals surface area contributed by atoms with Crippen molar-refractivity contribution >= 4 is 0 Å². The maximum Gasteiger partial charge on any atom is 0.171 e. The van der Waals surface area contributed by atoms with Crippen molar-refractivity contribution in [1.82, 2.24) is 0 Å². The van der Waals surface area contributed by atoms with Gasteiger partial charge in [-0.15, -0.1) is 0 Å². The molecule has 3 heterocycles. The molecule has 2 nitrogen and oxygen atoms in total. The Kier molecular flexibility index (Phi) is 16.7. The molecule has 1 aromatic heterocycles. The normalized spacial score (nSPS) is 23.9. The number of nitrogens with zero attached hydrogens (tertiary/aromatic N) is 1. The molecular formula is C35H60N2+2. The summed E-state index contributed by atoms with van der Waals surface area (Å²) in [6.07, 6.45) is 44.4. The molecule has 0 radical (unpaired) electrons. The quantitative estimate of drug-likeness (QED) is 0.336. The smallest absolute Gasteiger partial charge is 0.171 e. The van der Waals surface area contributed by atoms with E-state index in [1.807, 2.05) is 0 Å². The van der Waals surface area contributed by atoms with Crippen molar-refractivity contribution in [1.29, 1.82) is 0 Å². The van der Waals surface area contributed by atoms with Gasteiger partial charge in [-0.2, -0.15) is 0 Å². The minimum atomic E-state index is 1.19. The van der Waals surface area contributed by atoms with Crippen molar-refractivity contribution in [2.45, 2.75) is 154 Å². The molecule has 4 bridgehead atoms. The second-order valence-corrected chi connectivity index (χ2v) is 12.1. The van der Waals surface area contributed by atoms with E-state index in [-0.39, 0.29) is 0 Å². The zero-order valence-corrected chi connectivity index (χ0v) is 24.4. The second kappa shape index (κ2) is 20.5. The Morgan fingerprint density at radius 3 is 1.76 bits per heavy atom. The third-order valence-corrected chi connectivity index (χ3v) is 8.62. The van der Waals surface area contributed by atoms with E-state index in [1.54, 1.807) is 10.5 Å². The molecule has 0 saturated heterocycles. The number of aryl methyl sites for hydroxylation is 2. The highest BCUT2D eigenvalue weighted by molar-refractivity contribution is 5.18. The zero-order chi connectivity index (χ0) is 25.6. The second-order valence-electron chi connectivity index (χ2n) is 12.1. The summed E-state index contributed by atoms with van der Waals surface area (Å²) in [6.45, 7) is 3.73. The van der Waals surface area contributed by atoms with Crippen LogP contribution in [0.1, 0.15) is 147 Å². The summed E-state index contributed by atoms with van der Waals surface area (Å²) < 4.78 is 2.44. The van der Waals surface area contributed by atoms with Crippen molar-refractivity contribution in [3.05, 3.63) is 54.0 Å². The molecule has 3 rings (SSSR count). The molecule has 37 heavy (non-hydrogen) atoms. The summed E-state index contributed by atoms with van der Waals surface area (Å²) in [5, 5.41) is 0. The minimum Gasteiger partial charge on any atom is -0.305 e. The molecule has 1 aromatic rings. The first-order valence-corrected chi connectivity index (χ1v) is 16.6. The zero-order valence-electron chi connectivity index (χ0n) is 24.4. The van der Waals surface area contributed by atoms with Gasteiger partial charge in [-0.1, -0.05) is 102 Å². The third-order valence-electron chi connectivity index (χ3n) is 8.62. The molecule has 2 heteroatoms. The number of fused-ring (bicyclic) bond motifs is 3. The Morgan fingerprint density at radius 1 is 0.568 bits per heavy atom.